The van der Waals surface area contributed by atoms with Crippen molar-refractivity contribution in [3.63, 3.8) is 0 Å². The third kappa shape index (κ3) is 4.45. The Morgan fingerprint density at radius 3 is 2.53 bits per heavy atom. The van der Waals surface area contributed by atoms with Crippen LogP contribution < -0.4 is 5.32 Å². The molecule has 0 aromatic heterocycles. The summed E-state index contributed by atoms with van der Waals surface area (Å²) < 4.78 is 29.4. The van der Waals surface area contributed by atoms with E-state index in [1.54, 1.807) is 0 Å². The van der Waals surface area contributed by atoms with Crippen LogP contribution in [0.1, 0.15) is 27.2 Å². The number of cyclic esters (lactones) is 1. The highest BCUT2D eigenvalue weighted by atomic mass is 28.4. The van der Waals surface area contributed by atoms with Crippen molar-refractivity contribution < 1.29 is 33.0 Å². The highest BCUT2D eigenvalue weighted by Crippen LogP contribution is 2.53. The van der Waals surface area contributed by atoms with Gasteiger partial charge in [0.25, 0.3) is 0 Å². The monoisotopic (exact) mass is 485 g/mol. The Morgan fingerprint density at radius 2 is 2.00 bits per heavy atom. The van der Waals surface area contributed by atoms with Crippen LogP contribution in [0.25, 0.3) is 0 Å². The van der Waals surface area contributed by atoms with Crippen LogP contribution in [0.5, 0.6) is 0 Å². The Bertz CT molecular complexity index is 1030. The van der Waals surface area contributed by atoms with Crippen LogP contribution >= 0.6 is 0 Å². The van der Waals surface area contributed by atoms with Crippen LogP contribution in [-0.4, -0.2) is 57.7 Å². The zero-order chi connectivity index (χ0) is 25.4. The molecule has 0 saturated carbocycles. The van der Waals surface area contributed by atoms with Crippen molar-refractivity contribution in [3.8, 4) is 24.7 Å². The second-order valence-corrected chi connectivity index (χ2v) is 14.5. The van der Waals surface area contributed by atoms with Gasteiger partial charge in [0.2, 0.25) is 5.79 Å². The summed E-state index contributed by atoms with van der Waals surface area (Å²) in [6, 6.07) is 0. The van der Waals surface area contributed by atoms with E-state index in [9.17, 15) is 9.59 Å². The minimum atomic E-state index is -2.50. The maximum absolute atomic E-state index is 12.6. The molecule has 2 atom stereocenters. The van der Waals surface area contributed by atoms with Gasteiger partial charge in [0.1, 0.15) is 12.2 Å². The Hall–Kier alpha value is -2.82. The van der Waals surface area contributed by atoms with Crippen molar-refractivity contribution in [2.45, 2.75) is 62.8 Å². The fourth-order valence-electron chi connectivity index (χ4n) is 3.95. The Morgan fingerprint density at radius 1 is 1.35 bits per heavy atom. The number of hydrogen-bond acceptors (Lipinski definition) is 7. The highest BCUT2D eigenvalue weighted by Gasteiger charge is 2.60. The van der Waals surface area contributed by atoms with E-state index in [-0.39, 0.29) is 37.0 Å². The van der Waals surface area contributed by atoms with Gasteiger partial charge in [0, 0.05) is 17.2 Å². The largest absolute Gasteiger partial charge is 0.445 e. The first-order chi connectivity index (χ1) is 15.8. The van der Waals surface area contributed by atoms with E-state index in [4.69, 9.17) is 36.2 Å². The van der Waals surface area contributed by atoms with Crippen LogP contribution in [0.4, 0.5) is 4.79 Å². The number of carbonyl (C=O) groups is 2. The molecule has 0 aromatic carbocycles. The molecule has 182 valence electrons. The lowest BCUT2D eigenvalue weighted by molar-refractivity contribution is -0.162. The van der Waals surface area contributed by atoms with E-state index in [2.05, 4.69) is 57.6 Å². The molecule has 0 radical (unpaired) electrons. The maximum Gasteiger partial charge on any atom is 0.411 e. The van der Waals surface area contributed by atoms with Crippen LogP contribution in [0.3, 0.4) is 0 Å². The van der Waals surface area contributed by atoms with Crippen molar-refractivity contribution in [1.82, 2.24) is 5.32 Å². The third-order valence-corrected chi connectivity index (χ3v) is 11.0. The summed E-state index contributed by atoms with van der Waals surface area (Å²) in [6.45, 7) is 14.4. The predicted octanol–water partition coefficient (Wildman–Crippen LogP) is 3.18. The average Bonchev–Trinajstić information content (AvgIpc) is 3.22. The van der Waals surface area contributed by atoms with Crippen LogP contribution in [0.2, 0.25) is 18.1 Å². The van der Waals surface area contributed by atoms with Crippen LogP contribution in [0.15, 0.2) is 35.6 Å². The number of esters is 1. The summed E-state index contributed by atoms with van der Waals surface area (Å²) in [7, 11) is -2.50. The van der Waals surface area contributed by atoms with Crippen molar-refractivity contribution >= 4 is 20.4 Å². The summed E-state index contributed by atoms with van der Waals surface area (Å²) in [6.07, 6.45) is 12.7. The molecule has 1 aliphatic carbocycles. The van der Waals surface area contributed by atoms with Crippen LogP contribution in [-0.2, 0) is 28.2 Å². The average molecular weight is 486 g/mol. The lowest BCUT2D eigenvalue weighted by Crippen LogP contribution is -2.60. The van der Waals surface area contributed by atoms with E-state index in [0.717, 1.165) is 0 Å². The van der Waals surface area contributed by atoms with Gasteiger partial charge in [-0.25, -0.2) is 9.59 Å². The summed E-state index contributed by atoms with van der Waals surface area (Å²) in [5.41, 5.74) is -0.580. The molecule has 3 rings (SSSR count). The number of fused-ring (bicyclic) bond motifs is 1. The molecule has 1 spiro atoms. The molecule has 1 fully saturated rings. The normalized spacial score (nSPS) is 26.0. The highest BCUT2D eigenvalue weighted by molar-refractivity contribution is 6.74. The zero-order valence-corrected chi connectivity index (χ0v) is 21.3. The quantitative estimate of drug-likeness (QED) is 0.277. The Balaban J connectivity index is 2.27. The molecule has 1 N–H and O–H groups in total. The molecule has 2 heterocycles. The molecule has 1 saturated heterocycles. The number of amides is 1. The van der Waals surface area contributed by atoms with Gasteiger partial charge in [-0.15, -0.1) is 12.8 Å². The van der Waals surface area contributed by atoms with E-state index < -0.39 is 37.9 Å². The molecule has 0 bridgehead atoms. The molecule has 3 aliphatic rings. The van der Waals surface area contributed by atoms with Gasteiger partial charge < -0.3 is 23.4 Å². The third-order valence-electron chi connectivity index (χ3n) is 6.55. The molecule has 9 heteroatoms. The number of ether oxygens (including phenoxy) is 4. The van der Waals surface area contributed by atoms with E-state index in [1.165, 1.54) is 12.2 Å². The van der Waals surface area contributed by atoms with E-state index in [0.29, 0.717) is 11.1 Å². The van der Waals surface area contributed by atoms with Crippen molar-refractivity contribution in [2.75, 3.05) is 19.8 Å². The minimum Gasteiger partial charge on any atom is -0.445 e. The van der Waals surface area contributed by atoms with E-state index in [1.807, 2.05) is 0 Å². The van der Waals surface area contributed by atoms with Crippen LogP contribution in [0, 0.1) is 24.7 Å². The second-order valence-electron chi connectivity index (χ2n) is 9.80. The van der Waals surface area contributed by atoms with Gasteiger partial charge in [-0.3, -0.25) is 5.32 Å². The van der Waals surface area contributed by atoms with Crippen molar-refractivity contribution in [3.05, 3.63) is 35.6 Å². The molecule has 8 nitrogen and oxygen atoms in total. The summed E-state index contributed by atoms with van der Waals surface area (Å²) >= 11 is 0. The smallest absolute Gasteiger partial charge is 0.411 e. The molecule has 0 aromatic rings. The first-order valence-corrected chi connectivity index (χ1v) is 13.9. The molecular formula is C25H31NO7Si. The Kier molecular flexibility index (Phi) is 6.89. The van der Waals surface area contributed by atoms with Gasteiger partial charge >= 0.3 is 12.1 Å². The summed E-state index contributed by atoms with van der Waals surface area (Å²) in [5.74, 6) is 3.12. The number of hydrogen-bond donors (Lipinski definition) is 1. The maximum atomic E-state index is 12.6. The lowest BCUT2D eigenvalue weighted by atomic mass is 9.72. The zero-order valence-electron chi connectivity index (χ0n) is 20.3. The van der Waals surface area contributed by atoms with Gasteiger partial charge in [0.05, 0.1) is 25.3 Å². The molecule has 34 heavy (non-hydrogen) atoms. The fraction of sp³-hybridized carbons (Fsp3) is 0.520. The van der Waals surface area contributed by atoms with Crippen molar-refractivity contribution in [1.29, 1.82) is 0 Å². The number of carbonyl (C=O) groups excluding carboxylic acids is 2. The predicted molar refractivity (Wildman–Crippen MR) is 128 cm³/mol. The molecule has 1 amide bonds. The second kappa shape index (κ2) is 9.08. The first-order valence-electron chi connectivity index (χ1n) is 11.0. The van der Waals surface area contributed by atoms with Crippen molar-refractivity contribution in [2.24, 2.45) is 0 Å². The standard InChI is InChI=1S/C25H31NO7Si/c1-9-12-29-22(28)26-21-20-17(15-19(27)32-18(20)10-2)24(11-3,16-25(21)30-13-14-31-25)33-34(7,8)23(4,5)6/h2-3,9,15,18H,1,12-14,16H2,4-8H3,(H,26,28)/t18-,24-/m0/s1. The summed E-state index contributed by atoms with van der Waals surface area (Å²) in [5, 5.41) is 2.51. The SMILES string of the molecule is C#C[C@@H]1OC(=O)C=C2C1=C(NC(=O)OCC=C)C1(C[C@]2(C#C)O[Si](C)(C)C(C)(C)C)OCCO1. The molecule has 2 aliphatic heterocycles. The summed E-state index contributed by atoms with van der Waals surface area (Å²) in [4.78, 5) is 25.1. The Labute approximate surface area is 201 Å². The number of nitrogens with one attached hydrogen (secondary N) is 1. The topological polar surface area (TPSA) is 92.3 Å². The lowest BCUT2D eigenvalue weighted by Gasteiger charge is -2.51. The van der Waals surface area contributed by atoms with Gasteiger partial charge in [-0.1, -0.05) is 45.3 Å². The van der Waals surface area contributed by atoms with E-state index >= 15 is 0 Å². The molecular weight excluding hydrogens is 454 g/mol. The number of rotatable bonds is 5. The van der Waals surface area contributed by atoms with Gasteiger partial charge in [0.15, 0.2) is 14.4 Å². The first kappa shape index (κ1) is 25.8. The van der Waals surface area contributed by atoms with Gasteiger partial charge in [-0.2, -0.15) is 0 Å². The molecule has 0 unspecified atom stereocenters. The minimum absolute atomic E-state index is 0.0000135. The number of alkyl carbamates (subject to hydrolysis) is 1. The number of terminal acetylenes is 2. The fourth-order valence-corrected chi connectivity index (χ4v) is 5.37. The van der Waals surface area contributed by atoms with Gasteiger partial charge in [-0.05, 0) is 18.1 Å².